The molecule has 0 aromatic heterocycles. The molecular weight excluding hydrogens is 370 g/mol. The molecule has 0 bridgehead atoms. The number of rotatable bonds is 9. The Labute approximate surface area is 173 Å². The summed E-state index contributed by atoms with van der Waals surface area (Å²) in [6.07, 6.45) is -0.0223. The third-order valence-electron chi connectivity index (χ3n) is 4.34. The fourth-order valence-corrected chi connectivity index (χ4v) is 2.90. The SMILES string of the molecule is CN=C(NCc1ccc(OC)c(OC)c1OC)NCC(C)Oc1cccc(C)c1. The molecule has 0 saturated heterocycles. The molecule has 0 aliphatic carbocycles. The van der Waals surface area contributed by atoms with Crippen molar-refractivity contribution >= 4 is 5.96 Å². The monoisotopic (exact) mass is 401 g/mol. The molecule has 2 N–H and O–H groups in total. The molecular formula is C22H31N3O4. The summed E-state index contributed by atoms with van der Waals surface area (Å²) in [5.41, 5.74) is 2.10. The average Bonchev–Trinajstić information content (AvgIpc) is 2.73. The Morgan fingerprint density at radius 2 is 1.76 bits per heavy atom. The minimum Gasteiger partial charge on any atom is -0.493 e. The van der Waals surface area contributed by atoms with Gasteiger partial charge in [0.15, 0.2) is 17.5 Å². The molecule has 0 amide bonds. The van der Waals surface area contributed by atoms with E-state index in [-0.39, 0.29) is 6.10 Å². The molecule has 158 valence electrons. The van der Waals surface area contributed by atoms with Gasteiger partial charge in [-0.05, 0) is 43.7 Å². The van der Waals surface area contributed by atoms with Crippen molar-refractivity contribution < 1.29 is 18.9 Å². The molecule has 7 nitrogen and oxygen atoms in total. The van der Waals surface area contributed by atoms with Crippen molar-refractivity contribution in [2.75, 3.05) is 34.9 Å². The summed E-state index contributed by atoms with van der Waals surface area (Å²) in [5.74, 6) is 3.35. The maximum absolute atomic E-state index is 5.95. The fourth-order valence-electron chi connectivity index (χ4n) is 2.90. The van der Waals surface area contributed by atoms with Crippen molar-refractivity contribution in [2.24, 2.45) is 4.99 Å². The maximum Gasteiger partial charge on any atom is 0.203 e. The standard InChI is InChI=1S/C22H31N3O4/c1-15-8-7-9-18(12-15)29-16(2)13-24-22(23-3)25-14-17-10-11-19(26-4)21(28-6)20(17)27-5/h7-12,16H,13-14H2,1-6H3,(H2,23,24,25). The van der Waals surface area contributed by atoms with E-state index in [1.165, 1.54) is 5.56 Å². The molecule has 2 aromatic rings. The van der Waals surface area contributed by atoms with Crippen LogP contribution in [0.15, 0.2) is 41.4 Å². The Hall–Kier alpha value is -3.09. The van der Waals surface area contributed by atoms with Crippen LogP contribution in [-0.4, -0.2) is 47.0 Å². The Balaban J connectivity index is 1.94. The van der Waals surface area contributed by atoms with Gasteiger partial charge in [-0.15, -0.1) is 0 Å². The van der Waals surface area contributed by atoms with Crippen LogP contribution in [0.2, 0.25) is 0 Å². The van der Waals surface area contributed by atoms with Gasteiger partial charge in [-0.2, -0.15) is 0 Å². The van der Waals surface area contributed by atoms with Gasteiger partial charge in [0.1, 0.15) is 11.9 Å². The van der Waals surface area contributed by atoms with E-state index in [1.54, 1.807) is 28.4 Å². The van der Waals surface area contributed by atoms with E-state index < -0.39 is 0 Å². The largest absolute Gasteiger partial charge is 0.493 e. The van der Waals surface area contributed by atoms with Crippen LogP contribution in [-0.2, 0) is 6.54 Å². The number of methoxy groups -OCH3 is 3. The summed E-state index contributed by atoms with van der Waals surface area (Å²) in [7, 11) is 6.53. The Morgan fingerprint density at radius 1 is 1.00 bits per heavy atom. The number of nitrogens with one attached hydrogen (secondary N) is 2. The first-order valence-electron chi connectivity index (χ1n) is 9.48. The highest BCUT2D eigenvalue weighted by Gasteiger charge is 2.16. The van der Waals surface area contributed by atoms with Crippen LogP contribution < -0.4 is 29.6 Å². The summed E-state index contributed by atoms with van der Waals surface area (Å²) in [4.78, 5) is 4.27. The summed E-state index contributed by atoms with van der Waals surface area (Å²) in [5, 5.41) is 6.56. The number of hydrogen-bond acceptors (Lipinski definition) is 5. The second-order valence-electron chi connectivity index (χ2n) is 6.55. The topological polar surface area (TPSA) is 73.3 Å². The van der Waals surface area contributed by atoms with E-state index >= 15 is 0 Å². The number of ether oxygens (including phenoxy) is 4. The zero-order valence-corrected chi connectivity index (χ0v) is 18.0. The number of aryl methyl sites for hydroxylation is 1. The Kier molecular flexibility index (Phi) is 8.45. The van der Waals surface area contributed by atoms with Gasteiger partial charge in [0.25, 0.3) is 0 Å². The van der Waals surface area contributed by atoms with Crippen molar-refractivity contribution in [2.45, 2.75) is 26.5 Å². The minimum absolute atomic E-state index is 0.0223. The molecule has 2 aromatic carbocycles. The van der Waals surface area contributed by atoms with Gasteiger partial charge >= 0.3 is 0 Å². The molecule has 0 heterocycles. The highest BCUT2D eigenvalue weighted by atomic mass is 16.5. The van der Waals surface area contributed by atoms with Crippen LogP contribution in [0.1, 0.15) is 18.1 Å². The molecule has 2 rings (SSSR count). The Morgan fingerprint density at radius 3 is 2.38 bits per heavy atom. The van der Waals surface area contributed by atoms with Crippen molar-refractivity contribution in [1.82, 2.24) is 10.6 Å². The minimum atomic E-state index is -0.0223. The van der Waals surface area contributed by atoms with Gasteiger partial charge in [0.05, 0.1) is 27.9 Å². The first kappa shape index (κ1) is 22.2. The molecule has 1 atom stereocenters. The van der Waals surface area contributed by atoms with Gasteiger partial charge < -0.3 is 29.6 Å². The van der Waals surface area contributed by atoms with Crippen LogP contribution in [0.3, 0.4) is 0 Å². The number of aliphatic imine (C=N–C) groups is 1. The first-order chi connectivity index (χ1) is 14.0. The van der Waals surface area contributed by atoms with Crippen LogP contribution >= 0.6 is 0 Å². The number of nitrogens with zero attached hydrogens (tertiary/aromatic N) is 1. The lowest BCUT2D eigenvalue weighted by Crippen LogP contribution is -2.41. The van der Waals surface area contributed by atoms with Gasteiger partial charge in [0, 0.05) is 19.2 Å². The number of guanidine groups is 1. The summed E-state index contributed by atoms with van der Waals surface area (Å²) in [6.45, 7) is 5.18. The zero-order valence-electron chi connectivity index (χ0n) is 18.0. The van der Waals surface area contributed by atoms with Crippen LogP contribution in [0.4, 0.5) is 0 Å². The lowest BCUT2D eigenvalue weighted by atomic mass is 10.1. The van der Waals surface area contributed by atoms with Crippen molar-refractivity contribution in [1.29, 1.82) is 0 Å². The molecule has 0 fully saturated rings. The highest BCUT2D eigenvalue weighted by molar-refractivity contribution is 5.79. The zero-order chi connectivity index (χ0) is 21.2. The van der Waals surface area contributed by atoms with Gasteiger partial charge in [-0.1, -0.05) is 12.1 Å². The normalized spacial score (nSPS) is 12.1. The van der Waals surface area contributed by atoms with Gasteiger partial charge in [-0.25, -0.2) is 0 Å². The predicted molar refractivity (Wildman–Crippen MR) is 116 cm³/mol. The van der Waals surface area contributed by atoms with Gasteiger partial charge in [0.2, 0.25) is 5.75 Å². The first-order valence-corrected chi connectivity index (χ1v) is 9.48. The molecule has 0 aliphatic rings. The van der Waals surface area contributed by atoms with E-state index in [4.69, 9.17) is 18.9 Å². The maximum atomic E-state index is 5.95. The highest BCUT2D eigenvalue weighted by Crippen LogP contribution is 2.39. The van der Waals surface area contributed by atoms with Crippen LogP contribution in [0.5, 0.6) is 23.0 Å². The lowest BCUT2D eigenvalue weighted by molar-refractivity contribution is 0.223. The summed E-state index contributed by atoms with van der Waals surface area (Å²) >= 11 is 0. The lowest BCUT2D eigenvalue weighted by Gasteiger charge is -2.19. The third-order valence-corrected chi connectivity index (χ3v) is 4.34. The van der Waals surface area contributed by atoms with Crippen molar-refractivity contribution in [3.05, 3.63) is 47.5 Å². The second-order valence-corrected chi connectivity index (χ2v) is 6.55. The van der Waals surface area contributed by atoms with E-state index in [2.05, 4.69) is 15.6 Å². The molecule has 0 spiro atoms. The smallest absolute Gasteiger partial charge is 0.203 e. The molecule has 0 radical (unpaired) electrons. The van der Waals surface area contributed by atoms with E-state index in [0.717, 1.165) is 11.3 Å². The molecule has 29 heavy (non-hydrogen) atoms. The van der Waals surface area contributed by atoms with Crippen LogP contribution in [0, 0.1) is 6.92 Å². The number of hydrogen-bond donors (Lipinski definition) is 2. The quantitative estimate of drug-likeness (QED) is 0.497. The van der Waals surface area contributed by atoms with Crippen molar-refractivity contribution in [3.63, 3.8) is 0 Å². The second kappa shape index (κ2) is 11.0. The Bertz CT molecular complexity index is 824. The van der Waals surface area contributed by atoms with Crippen LogP contribution in [0.25, 0.3) is 0 Å². The van der Waals surface area contributed by atoms with Crippen molar-refractivity contribution in [3.8, 4) is 23.0 Å². The summed E-state index contributed by atoms with van der Waals surface area (Å²) in [6, 6.07) is 11.8. The summed E-state index contributed by atoms with van der Waals surface area (Å²) < 4.78 is 22.2. The molecule has 1 unspecified atom stereocenters. The average molecular weight is 402 g/mol. The van der Waals surface area contributed by atoms with E-state index in [9.17, 15) is 0 Å². The molecule has 7 heteroatoms. The van der Waals surface area contributed by atoms with E-state index in [1.807, 2.05) is 50.2 Å². The molecule has 0 saturated carbocycles. The van der Waals surface area contributed by atoms with Gasteiger partial charge in [-0.3, -0.25) is 4.99 Å². The third kappa shape index (κ3) is 6.20. The predicted octanol–water partition coefficient (Wildman–Crippen LogP) is 3.15. The molecule has 0 aliphatic heterocycles. The van der Waals surface area contributed by atoms with E-state index in [0.29, 0.717) is 36.3 Å². The fraction of sp³-hybridized carbons (Fsp3) is 0.409. The number of benzene rings is 2.